The molecule has 6 heteroatoms. The van der Waals surface area contributed by atoms with Crippen LogP contribution in [0.1, 0.15) is 51.0 Å². The molecule has 1 saturated carbocycles. The average molecular weight is 360 g/mol. The molecule has 26 heavy (non-hydrogen) atoms. The Labute approximate surface area is 154 Å². The van der Waals surface area contributed by atoms with E-state index in [4.69, 9.17) is 9.47 Å². The van der Waals surface area contributed by atoms with Crippen molar-refractivity contribution >= 4 is 12.2 Å². The van der Waals surface area contributed by atoms with Gasteiger partial charge in [0.05, 0.1) is 0 Å². The number of nitrogens with zero attached hydrogens (tertiary/aromatic N) is 1. The maximum Gasteiger partial charge on any atom is 0.410 e. The van der Waals surface area contributed by atoms with Gasteiger partial charge in [0.1, 0.15) is 12.7 Å². The summed E-state index contributed by atoms with van der Waals surface area (Å²) in [6.07, 6.45) is 5.16. The molecule has 6 nitrogen and oxygen atoms in total. The van der Waals surface area contributed by atoms with E-state index < -0.39 is 0 Å². The maximum atomic E-state index is 12.5. The summed E-state index contributed by atoms with van der Waals surface area (Å²) in [5.74, 6) is 0. The zero-order valence-corrected chi connectivity index (χ0v) is 15.4. The molecule has 2 amide bonds. The minimum Gasteiger partial charge on any atom is -0.446 e. The Bertz CT molecular complexity index is 601. The first-order valence-electron chi connectivity index (χ1n) is 9.56. The molecule has 0 aromatic heterocycles. The highest BCUT2D eigenvalue weighted by Crippen LogP contribution is 2.22. The van der Waals surface area contributed by atoms with Gasteiger partial charge in [0, 0.05) is 18.6 Å². The molecule has 142 valence electrons. The van der Waals surface area contributed by atoms with E-state index in [1.165, 1.54) is 0 Å². The fourth-order valence-electron chi connectivity index (χ4n) is 3.64. The van der Waals surface area contributed by atoms with Crippen molar-refractivity contribution in [3.05, 3.63) is 35.9 Å². The predicted molar refractivity (Wildman–Crippen MR) is 97.7 cm³/mol. The number of carbonyl (C=O) groups is 2. The lowest BCUT2D eigenvalue weighted by molar-refractivity contribution is 0.0587. The molecular formula is C20H28N2O4. The molecule has 3 rings (SSSR count). The van der Waals surface area contributed by atoms with Gasteiger partial charge in [0.25, 0.3) is 0 Å². The average Bonchev–Trinajstić information content (AvgIpc) is 3.15. The van der Waals surface area contributed by atoms with Gasteiger partial charge in [-0.1, -0.05) is 30.3 Å². The molecule has 1 heterocycles. The van der Waals surface area contributed by atoms with Crippen LogP contribution in [0, 0.1) is 0 Å². The SMILES string of the molecule is C[C@@H]1CC[C@H](NC(=O)OC2CCCC2)CN1C(=O)OCc1ccccc1. The van der Waals surface area contributed by atoms with Gasteiger partial charge in [-0.3, -0.25) is 0 Å². The van der Waals surface area contributed by atoms with E-state index in [0.29, 0.717) is 6.54 Å². The van der Waals surface area contributed by atoms with Crippen molar-refractivity contribution in [3.8, 4) is 0 Å². The fourth-order valence-corrected chi connectivity index (χ4v) is 3.64. The Hall–Kier alpha value is -2.24. The Balaban J connectivity index is 1.47. The molecule has 2 atom stereocenters. The Kier molecular flexibility index (Phi) is 6.36. The number of likely N-dealkylation sites (tertiary alicyclic amines) is 1. The molecule has 0 bridgehead atoms. The van der Waals surface area contributed by atoms with Crippen molar-refractivity contribution in [1.29, 1.82) is 0 Å². The van der Waals surface area contributed by atoms with Gasteiger partial charge >= 0.3 is 12.2 Å². The highest BCUT2D eigenvalue weighted by Gasteiger charge is 2.31. The third-order valence-corrected chi connectivity index (χ3v) is 5.22. The van der Waals surface area contributed by atoms with Crippen molar-refractivity contribution in [3.63, 3.8) is 0 Å². The maximum absolute atomic E-state index is 12.5. The van der Waals surface area contributed by atoms with Gasteiger partial charge in [0.15, 0.2) is 0 Å². The first-order chi connectivity index (χ1) is 12.6. The van der Waals surface area contributed by atoms with E-state index in [1.54, 1.807) is 4.90 Å². The highest BCUT2D eigenvalue weighted by atomic mass is 16.6. The third kappa shape index (κ3) is 5.13. The molecule has 2 aliphatic rings. The summed E-state index contributed by atoms with van der Waals surface area (Å²) in [5.41, 5.74) is 0.959. The largest absolute Gasteiger partial charge is 0.446 e. The van der Waals surface area contributed by atoms with Crippen molar-refractivity contribution in [1.82, 2.24) is 10.2 Å². The van der Waals surface area contributed by atoms with Crippen LogP contribution in [-0.2, 0) is 16.1 Å². The smallest absolute Gasteiger partial charge is 0.410 e. The Morgan fingerprint density at radius 2 is 1.85 bits per heavy atom. The summed E-state index contributed by atoms with van der Waals surface area (Å²) in [6, 6.07) is 9.63. The highest BCUT2D eigenvalue weighted by molar-refractivity contribution is 5.70. The first kappa shape index (κ1) is 18.5. The molecule has 0 radical (unpaired) electrons. The van der Waals surface area contributed by atoms with E-state index in [1.807, 2.05) is 37.3 Å². The van der Waals surface area contributed by atoms with Crippen LogP contribution in [0.15, 0.2) is 30.3 Å². The topological polar surface area (TPSA) is 67.9 Å². The summed E-state index contributed by atoms with van der Waals surface area (Å²) >= 11 is 0. The molecule has 1 aromatic rings. The second-order valence-corrected chi connectivity index (χ2v) is 7.27. The zero-order chi connectivity index (χ0) is 18.4. The third-order valence-electron chi connectivity index (χ3n) is 5.22. The molecule has 0 spiro atoms. The number of hydrogen-bond donors (Lipinski definition) is 1. The number of alkyl carbamates (subject to hydrolysis) is 1. The fraction of sp³-hybridized carbons (Fsp3) is 0.600. The zero-order valence-electron chi connectivity index (χ0n) is 15.4. The number of nitrogens with one attached hydrogen (secondary N) is 1. The minimum atomic E-state index is -0.367. The molecule has 1 saturated heterocycles. The van der Waals surface area contributed by atoms with Crippen LogP contribution < -0.4 is 5.32 Å². The minimum absolute atomic E-state index is 0.0458. The molecule has 1 aliphatic heterocycles. The van der Waals surface area contributed by atoms with Crippen LogP contribution in [0.25, 0.3) is 0 Å². The molecule has 1 aromatic carbocycles. The first-order valence-corrected chi connectivity index (χ1v) is 9.56. The summed E-state index contributed by atoms with van der Waals surface area (Å²) < 4.78 is 10.9. The number of hydrogen-bond acceptors (Lipinski definition) is 4. The van der Waals surface area contributed by atoms with Gasteiger partial charge in [-0.15, -0.1) is 0 Å². The van der Waals surface area contributed by atoms with E-state index in [-0.39, 0.29) is 37.0 Å². The summed E-state index contributed by atoms with van der Waals surface area (Å²) in [7, 11) is 0. The second-order valence-electron chi connectivity index (χ2n) is 7.27. The van der Waals surface area contributed by atoms with Crippen LogP contribution in [0.2, 0.25) is 0 Å². The van der Waals surface area contributed by atoms with Crippen LogP contribution in [0.4, 0.5) is 9.59 Å². The van der Waals surface area contributed by atoms with Gasteiger partial charge in [-0.2, -0.15) is 0 Å². The second kappa shape index (κ2) is 8.92. The van der Waals surface area contributed by atoms with Crippen LogP contribution >= 0.6 is 0 Å². The number of rotatable bonds is 4. The van der Waals surface area contributed by atoms with Gasteiger partial charge in [-0.25, -0.2) is 9.59 Å². The van der Waals surface area contributed by atoms with E-state index in [0.717, 1.165) is 44.1 Å². The number of piperidine rings is 1. The van der Waals surface area contributed by atoms with Crippen molar-refractivity contribution in [2.45, 2.75) is 70.2 Å². The van der Waals surface area contributed by atoms with Gasteiger partial charge in [0.2, 0.25) is 0 Å². The number of carbonyl (C=O) groups excluding carboxylic acids is 2. The lowest BCUT2D eigenvalue weighted by Crippen LogP contribution is -2.53. The quantitative estimate of drug-likeness (QED) is 0.886. The van der Waals surface area contributed by atoms with Gasteiger partial charge in [-0.05, 0) is 51.0 Å². The normalized spacial score (nSPS) is 23.5. The van der Waals surface area contributed by atoms with E-state index >= 15 is 0 Å². The standard InChI is InChI=1S/C20H28N2O4/c1-15-11-12-17(21-19(23)26-18-9-5-6-10-18)13-22(15)20(24)25-14-16-7-3-2-4-8-16/h2-4,7-8,15,17-18H,5-6,9-14H2,1H3,(H,21,23)/t15-,17+/m1/s1. The van der Waals surface area contributed by atoms with E-state index in [2.05, 4.69) is 5.32 Å². The van der Waals surface area contributed by atoms with Crippen molar-refractivity contribution in [2.75, 3.05) is 6.54 Å². The summed E-state index contributed by atoms with van der Waals surface area (Å²) in [4.78, 5) is 26.2. The van der Waals surface area contributed by atoms with Crippen molar-refractivity contribution in [2.24, 2.45) is 0 Å². The van der Waals surface area contributed by atoms with Gasteiger partial charge < -0.3 is 19.7 Å². The number of benzene rings is 1. The molecule has 1 N–H and O–H groups in total. The Morgan fingerprint density at radius 3 is 2.58 bits per heavy atom. The predicted octanol–water partition coefficient (Wildman–Crippen LogP) is 3.84. The molecule has 2 fully saturated rings. The Morgan fingerprint density at radius 1 is 1.12 bits per heavy atom. The molecule has 0 unspecified atom stereocenters. The lowest BCUT2D eigenvalue weighted by Gasteiger charge is -2.37. The number of ether oxygens (including phenoxy) is 2. The molecular weight excluding hydrogens is 332 g/mol. The van der Waals surface area contributed by atoms with Crippen LogP contribution in [0.3, 0.4) is 0 Å². The monoisotopic (exact) mass is 360 g/mol. The van der Waals surface area contributed by atoms with E-state index in [9.17, 15) is 9.59 Å². The van der Waals surface area contributed by atoms with Crippen LogP contribution in [-0.4, -0.2) is 41.8 Å². The lowest BCUT2D eigenvalue weighted by atomic mass is 10.00. The van der Waals surface area contributed by atoms with Crippen molar-refractivity contribution < 1.29 is 19.1 Å². The summed E-state index contributed by atoms with van der Waals surface area (Å²) in [5, 5.41) is 2.91. The summed E-state index contributed by atoms with van der Waals surface area (Å²) in [6.45, 7) is 2.72. The number of amides is 2. The van der Waals surface area contributed by atoms with Crippen LogP contribution in [0.5, 0.6) is 0 Å². The molecule has 1 aliphatic carbocycles.